The highest BCUT2D eigenvalue weighted by molar-refractivity contribution is 5.93. The SMILES string of the molecule is Cc1cccn2cc(C(=O)N[C@H]3CC[C@H](c4n[nH]c(=O)c5ccccc54)CC3)nc12. The summed E-state index contributed by atoms with van der Waals surface area (Å²) in [6.07, 6.45) is 7.25. The van der Waals surface area contributed by atoms with E-state index in [9.17, 15) is 9.59 Å². The summed E-state index contributed by atoms with van der Waals surface area (Å²) in [5.41, 5.74) is 3.09. The summed E-state index contributed by atoms with van der Waals surface area (Å²) in [5, 5.41) is 11.7. The van der Waals surface area contributed by atoms with Crippen molar-refractivity contribution in [1.29, 1.82) is 0 Å². The zero-order chi connectivity index (χ0) is 20.7. The van der Waals surface area contributed by atoms with Crippen molar-refractivity contribution in [2.45, 2.75) is 44.6 Å². The van der Waals surface area contributed by atoms with Crippen LogP contribution in [-0.4, -0.2) is 31.5 Å². The van der Waals surface area contributed by atoms with Gasteiger partial charge in [-0.1, -0.05) is 24.3 Å². The van der Waals surface area contributed by atoms with Crippen LogP contribution in [0.25, 0.3) is 16.4 Å². The molecule has 0 aliphatic heterocycles. The first-order chi connectivity index (χ1) is 14.6. The molecule has 1 amide bonds. The largest absolute Gasteiger partial charge is 0.348 e. The van der Waals surface area contributed by atoms with E-state index in [0.717, 1.165) is 48.0 Å². The average Bonchev–Trinajstić information content (AvgIpc) is 3.21. The molecule has 3 heterocycles. The van der Waals surface area contributed by atoms with E-state index in [1.807, 2.05) is 53.9 Å². The first-order valence-electron chi connectivity index (χ1n) is 10.3. The fourth-order valence-electron chi connectivity index (χ4n) is 4.48. The van der Waals surface area contributed by atoms with Gasteiger partial charge < -0.3 is 9.72 Å². The lowest BCUT2D eigenvalue weighted by Gasteiger charge is -2.29. The van der Waals surface area contributed by atoms with Crippen LogP contribution in [0.2, 0.25) is 0 Å². The molecular formula is C23H23N5O2. The normalized spacial score (nSPS) is 19.2. The second-order valence-electron chi connectivity index (χ2n) is 8.05. The van der Waals surface area contributed by atoms with E-state index < -0.39 is 0 Å². The summed E-state index contributed by atoms with van der Waals surface area (Å²) >= 11 is 0. The van der Waals surface area contributed by atoms with Gasteiger partial charge in [-0.15, -0.1) is 0 Å². The molecule has 0 unspecified atom stereocenters. The number of carbonyl (C=O) groups is 1. The third kappa shape index (κ3) is 3.26. The minimum Gasteiger partial charge on any atom is -0.348 e. The van der Waals surface area contributed by atoms with Crippen molar-refractivity contribution in [2.75, 3.05) is 0 Å². The molecule has 0 atom stereocenters. The zero-order valence-electron chi connectivity index (χ0n) is 16.8. The molecule has 7 heteroatoms. The standard InChI is InChI=1S/C23H23N5O2/c1-14-5-4-12-28-13-19(25-21(14)28)23(30)24-16-10-8-15(9-11-16)20-17-6-2-3-7-18(17)22(29)27-26-20/h2-7,12-13,15-16H,8-11H2,1H3,(H,24,30)(H,27,29)/t15-,16-. The van der Waals surface area contributed by atoms with Crippen LogP contribution < -0.4 is 10.9 Å². The van der Waals surface area contributed by atoms with Gasteiger partial charge in [0.2, 0.25) is 0 Å². The Morgan fingerprint density at radius 2 is 1.87 bits per heavy atom. The fraction of sp³-hybridized carbons (Fsp3) is 0.304. The summed E-state index contributed by atoms with van der Waals surface area (Å²) in [6.45, 7) is 1.99. The van der Waals surface area contributed by atoms with Crippen molar-refractivity contribution in [1.82, 2.24) is 24.9 Å². The molecule has 4 aromatic rings. The first-order valence-corrected chi connectivity index (χ1v) is 10.3. The van der Waals surface area contributed by atoms with Gasteiger partial charge in [0.15, 0.2) is 0 Å². The zero-order valence-corrected chi connectivity index (χ0v) is 16.8. The number of aromatic amines is 1. The number of aryl methyl sites for hydroxylation is 1. The number of hydrogen-bond acceptors (Lipinski definition) is 4. The lowest BCUT2D eigenvalue weighted by Crippen LogP contribution is -2.37. The Morgan fingerprint density at radius 1 is 1.10 bits per heavy atom. The van der Waals surface area contributed by atoms with Gasteiger partial charge in [-0.3, -0.25) is 9.59 Å². The van der Waals surface area contributed by atoms with Crippen LogP contribution in [0.4, 0.5) is 0 Å². The summed E-state index contributed by atoms with van der Waals surface area (Å²) in [6, 6.07) is 11.7. The lowest BCUT2D eigenvalue weighted by atomic mass is 9.82. The number of benzene rings is 1. The molecule has 152 valence electrons. The molecule has 0 radical (unpaired) electrons. The fourth-order valence-corrected chi connectivity index (χ4v) is 4.48. The molecule has 0 bridgehead atoms. The summed E-state index contributed by atoms with van der Waals surface area (Å²) in [7, 11) is 0. The van der Waals surface area contributed by atoms with Crippen LogP contribution >= 0.6 is 0 Å². The predicted octanol–water partition coefficient (Wildman–Crippen LogP) is 3.34. The number of fused-ring (bicyclic) bond motifs is 2. The number of carbonyl (C=O) groups excluding carboxylic acids is 1. The number of H-pyrrole nitrogens is 1. The second-order valence-corrected chi connectivity index (χ2v) is 8.05. The van der Waals surface area contributed by atoms with E-state index >= 15 is 0 Å². The van der Waals surface area contributed by atoms with Crippen molar-refractivity contribution < 1.29 is 4.79 Å². The Balaban J connectivity index is 1.28. The highest BCUT2D eigenvalue weighted by atomic mass is 16.2. The summed E-state index contributed by atoms with van der Waals surface area (Å²) in [4.78, 5) is 29.2. The van der Waals surface area contributed by atoms with Gasteiger partial charge in [0, 0.05) is 29.7 Å². The minimum atomic E-state index is -0.155. The molecule has 5 rings (SSSR count). The highest BCUT2D eigenvalue weighted by Gasteiger charge is 2.27. The first kappa shape index (κ1) is 18.5. The maximum absolute atomic E-state index is 12.7. The van der Waals surface area contributed by atoms with E-state index in [1.54, 1.807) is 6.20 Å². The van der Waals surface area contributed by atoms with Gasteiger partial charge in [0.05, 0.1) is 11.1 Å². The molecule has 1 aliphatic carbocycles. The Labute approximate surface area is 173 Å². The maximum Gasteiger partial charge on any atom is 0.272 e. The number of pyridine rings is 1. The van der Waals surface area contributed by atoms with E-state index in [2.05, 4.69) is 20.5 Å². The van der Waals surface area contributed by atoms with Crippen molar-refractivity contribution in [3.63, 3.8) is 0 Å². The minimum absolute atomic E-state index is 0.119. The molecule has 2 N–H and O–H groups in total. The molecule has 30 heavy (non-hydrogen) atoms. The second kappa shape index (κ2) is 7.40. The van der Waals surface area contributed by atoms with Crippen molar-refractivity contribution >= 4 is 22.3 Å². The number of nitrogens with zero attached hydrogens (tertiary/aromatic N) is 3. The third-order valence-electron chi connectivity index (χ3n) is 6.09. The van der Waals surface area contributed by atoms with Gasteiger partial charge in [0.25, 0.3) is 11.5 Å². The topological polar surface area (TPSA) is 92.1 Å². The van der Waals surface area contributed by atoms with Gasteiger partial charge in [-0.2, -0.15) is 5.10 Å². The number of hydrogen-bond donors (Lipinski definition) is 2. The third-order valence-corrected chi connectivity index (χ3v) is 6.09. The molecule has 1 aromatic carbocycles. The molecule has 1 fully saturated rings. The van der Waals surface area contributed by atoms with E-state index in [1.165, 1.54) is 0 Å². The number of aromatic nitrogens is 4. The summed E-state index contributed by atoms with van der Waals surface area (Å²) < 4.78 is 1.88. The Morgan fingerprint density at radius 3 is 2.63 bits per heavy atom. The number of rotatable bonds is 3. The van der Waals surface area contributed by atoms with Crippen LogP contribution in [0, 0.1) is 6.92 Å². The molecule has 0 spiro atoms. The quantitative estimate of drug-likeness (QED) is 0.551. The smallest absolute Gasteiger partial charge is 0.272 e. The molecule has 3 aromatic heterocycles. The van der Waals surface area contributed by atoms with E-state index in [0.29, 0.717) is 11.1 Å². The number of imidazole rings is 1. The monoisotopic (exact) mass is 401 g/mol. The number of nitrogens with one attached hydrogen (secondary N) is 2. The van der Waals surface area contributed by atoms with Gasteiger partial charge in [-0.25, -0.2) is 10.1 Å². The predicted molar refractivity (Wildman–Crippen MR) is 115 cm³/mol. The lowest BCUT2D eigenvalue weighted by molar-refractivity contribution is 0.0921. The summed E-state index contributed by atoms with van der Waals surface area (Å²) in [5.74, 6) is 0.145. The molecule has 1 saturated carbocycles. The van der Waals surface area contributed by atoms with Crippen LogP contribution in [0.3, 0.4) is 0 Å². The maximum atomic E-state index is 12.7. The Bertz CT molecular complexity index is 1300. The van der Waals surface area contributed by atoms with Crippen LogP contribution in [-0.2, 0) is 0 Å². The van der Waals surface area contributed by atoms with E-state index in [-0.39, 0.29) is 23.4 Å². The Hall–Kier alpha value is -3.48. The van der Waals surface area contributed by atoms with Gasteiger partial charge >= 0.3 is 0 Å². The molecular weight excluding hydrogens is 378 g/mol. The molecule has 0 saturated heterocycles. The number of amides is 1. The van der Waals surface area contributed by atoms with Gasteiger partial charge in [0.1, 0.15) is 11.3 Å². The van der Waals surface area contributed by atoms with Crippen molar-refractivity contribution in [2.24, 2.45) is 0 Å². The average molecular weight is 401 g/mol. The van der Waals surface area contributed by atoms with Crippen LogP contribution in [0.15, 0.2) is 53.6 Å². The Kier molecular flexibility index (Phi) is 4.58. The van der Waals surface area contributed by atoms with Crippen LogP contribution in [0.1, 0.15) is 53.3 Å². The van der Waals surface area contributed by atoms with Crippen LogP contribution in [0.5, 0.6) is 0 Å². The van der Waals surface area contributed by atoms with Crippen molar-refractivity contribution in [3.8, 4) is 0 Å². The highest BCUT2D eigenvalue weighted by Crippen LogP contribution is 2.34. The molecule has 7 nitrogen and oxygen atoms in total. The van der Waals surface area contributed by atoms with Crippen molar-refractivity contribution in [3.05, 3.63) is 76.1 Å². The molecule has 1 aliphatic rings. The van der Waals surface area contributed by atoms with E-state index in [4.69, 9.17) is 0 Å². The van der Waals surface area contributed by atoms with Gasteiger partial charge in [-0.05, 0) is 50.3 Å².